The number of hydrogen-bond donors (Lipinski definition) is 1. The van der Waals surface area contributed by atoms with Crippen molar-refractivity contribution in [1.29, 1.82) is 0 Å². The minimum Gasteiger partial charge on any atom is -0.369 e. The van der Waals surface area contributed by atoms with E-state index in [-0.39, 0.29) is 0 Å². The Morgan fingerprint density at radius 2 is 2.29 bits per heavy atom. The zero-order valence-electron chi connectivity index (χ0n) is 8.62. The number of anilines is 1. The SMILES string of the molecule is CC(C)CNc1ncnc2c1C=CC2. The van der Waals surface area contributed by atoms with Gasteiger partial charge in [0.2, 0.25) is 0 Å². The number of hydrogen-bond acceptors (Lipinski definition) is 3. The highest BCUT2D eigenvalue weighted by Gasteiger charge is 2.11. The van der Waals surface area contributed by atoms with Gasteiger partial charge >= 0.3 is 0 Å². The molecule has 0 atom stereocenters. The third-order valence-electron chi connectivity index (χ3n) is 2.24. The van der Waals surface area contributed by atoms with E-state index in [1.54, 1.807) is 6.33 Å². The number of fused-ring (bicyclic) bond motifs is 1. The standard InChI is InChI=1S/C11H15N3/c1-8(2)6-12-11-9-4-3-5-10(9)13-7-14-11/h3-4,7-8H,5-6H2,1-2H3,(H,12,13,14). The Kier molecular flexibility index (Phi) is 2.48. The van der Waals surface area contributed by atoms with Gasteiger partial charge in [-0.3, -0.25) is 0 Å². The molecule has 0 bridgehead atoms. The largest absolute Gasteiger partial charge is 0.369 e. The van der Waals surface area contributed by atoms with Crippen molar-refractivity contribution in [2.45, 2.75) is 20.3 Å². The molecule has 2 rings (SSSR count). The summed E-state index contributed by atoms with van der Waals surface area (Å²) in [6.45, 7) is 5.33. The van der Waals surface area contributed by atoms with Gasteiger partial charge in [0.25, 0.3) is 0 Å². The second kappa shape index (κ2) is 3.78. The summed E-state index contributed by atoms with van der Waals surface area (Å²) >= 11 is 0. The van der Waals surface area contributed by atoms with Gasteiger partial charge in [-0.2, -0.15) is 0 Å². The lowest BCUT2D eigenvalue weighted by Gasteiger charge is -2.10. The minimum absolute atomic E-state index is 0.631. The fraction of sp³-hybridized carbons (Fsp3) is 0.455. The van der Waals surface area contributed by atoms with Gasteiger partial charge in [-0.1, -0.05) is 26.0 Å². The van der Waals surface area contributed by atoms with Gasteiger partial charge in [-0.05, 0) is 5.92 Å². The van der Waals surface area contributed by atoms with Crippen molar-refractivity contribution >= 4 is 11.9 Å². The van der Waals surface area contributed by atoms with Crippen LogP contribution in [0.3, 0.4) is 0 Å². The Hall–Kier alpha value is -1.38. The molecule has 3 heteroatoms. The first-order chi connectivity index (χ1) is 6.77. The predicted molar refractivity (Wildman–Crippen MR) is 58.1 cm³/mol. The molecule has 0 saturated heterocycles. The smallest absolute Gasteiger partial charge is 0.136 e. The molecule has 0 aromatic carbocycles. The Balaban J connectivity index is 2.17. The molecule has 0 radical (unpaired) electrons. The lowest BCUT2D eigenvalue weighted by molar-refractivity contribution is 0.686. The van der Waals surface area contributed by atoms with Crippen LogP contribution in [0.1, 0.15) is 25.1 Å². The first-order valence-electron chi connectivity index (χ1n) is 5.01. The average molecular weight is 189 g/mol. The summed E-state index contributed by atoms with van der Waals surface area (Å²) in [5.41, 5.74) is 2.29. The molecule has 14 heavy (non-hydrogen) atoms. The predicted octanol–water partition coefficient (Wildman–Crippen LogP) is 2.11. The lowest BCUT2D eigenvalue weighted by Crippen LogP contribution is -2.11. The molecule has 0 aliphatic heterocycles. The second-order valence-electron chi connectivity index (χ2n) is 3.96. The maximum atomic E-state index is 4.25. The van der Waals surface area contributed by atoms with E-state index in [0.29, 0.717) is 5.92 Å². The number of nitrogens with zero attached hydrogens (tertiary/aromatic N) is 2. The number of nitrogens with one attached hydrogen (secondary N) is 1. The molecule has 1 aliphatic carbocycles. The van der Waals surface area contributed by atoms with Crippen molar-refractivity contribution in [2.24, 2.45) is 5.92 Å². The van der Waals surface area contributed by atoms with Gasteiger partial charge in [0, 0.05) is 18.5 Å². The Bertz CT molecular complexity index is 356. The van der Waals surface area contributed by atoms with E-state index >= 15 is 0 Å². The van der Waals surface area contributed by atoms with E-state index in [4.69, 9.17) is 0 Å². The molecule has 1 aliphatic rings. The van der Waals surface area contributed by atoms with Crippen LogP contribution in [0, 0.1) is 5.92 Å². The third-order valence-corrected chi connectivity index (χ3v) is 2.24. The molecule has 0 unspecified atom stereocenters. The molecule has 0 fully saturated rings. The Morgan fingerprint density at radius 3 is 3.07 bits per heavy atom. The number of rotatable bonds is 3. The van der Waals surface area contributed by atoms with E-state index in [9.17, 15) is 0 Å². The van der Waals surface area contributed by atoms with E-state index in [1.165, 1.54) is 0 Å². The molecule has 3 nitrogen and oxygen atoms in total. The van der Waals surface area contributed by atoms with Crippen molar-refractivity contribution in [3.63, 3.8) is 0 Å². The van der Waals surface area contributed by atoms with Crippen molar-refractivity contribution in [3.05, 3.63) is 23.7 Å². The zero-order valence-corrected chi connectivity index (χ0v) is 8.62. The van der Waals surface area contributed by atoms with Crippen LogP contribution in [-0.2, 0) is 6.42 Å². The highest BCUT2D eigenvalue weighted by Crippen LogP contribution is 2.22. The molecular formula is C11H15N3. The molecule has 0 saturated carbocycles. The first kappa shape index (κ1) is 9.19. The Morgan fingerprint density at radius 1 is 1.43 bits per heavy atom. The summed E-state index contributed by atoms with van der Waals surface area (Å²) in [4.78, 5) is 8.48. The fourth-order valence-corrected chi connectivity index (χ4v) is 1.50. The summed E-state index contributed by atoms with van der Waals surface area (Å²) in [6, 6.07) is 0. The molecule has 1 aromatic heterocycles. The number of allylic oxidation sites excluding steroid dienone is 1. The Labute approximate surface area is 84.3 Å². The van der Waals surface area contributed by atoms with Crippen LogP contribution in [0.25, 0.3) is 6.08 Å². The molecule has 1 N–H and O–H groups in total. The third kappa shape index (κ3) is 1.76. The quantitative estimate of drug-likeness (QED) is 0.791. The maximum absolute atomic E-state index is 4.25. The van der Waals surface area contributed by atoms with Crippen LogP contribution in [0.5, 0.6) is 0 Å². The molecule has 1 aromatic rings. The van der Waals surface area contributed by atoms with E-state index in [2.05, 4.69) is 41.3 Å². The van der Waals surface area contributed by atoms with Crippen LogP contribution in [-0.4, -0.2) is 16.5 Å². The molecule has 0 spiro atoms. The summed E-state index contributed by atoms with van der Waals surface area (Å²) in [5, 5.41) is 3.34. The van der Waals surface area contributed by atoms with Crippen LogP contribution in [0.4, 0.5) is 5.82 Å². The maximum Gasteiger partial charge on any atom is 0.136 e. The van der Waals surface area contributed by atoms with Gasteiger partial charge in [-0.25, -0.2) is 9.97 Å². The van der Waals surface area contributed by atoms with Crippen molar-refractivity contribution < 1.29 is 0 Å². The summed E-state index contributed by atoms with van der Waals surface area (Å²) < 4.78 is 0. The summed E-state index contributed by atoms with van der Waals surface area (Å²) in [7, 11) is 0. The van der Waals surface area contributed by atoms with E-state index in [0.717, 1.165) is 30.0 Å². The second-order valence-corrected chi connectivity index (χ2v) is 3.96. The van der Waals surface area contributed by atoms with Crippen molar-refractivity contribution in [1.82, 2.24) is 9.97 Å². The van der Waals surface area contributed by atoms with Gasteiger partial charge in [0.05, 0.1) is 5.69 Å². The fourth-order valence-electron chi connectivity index (χ4n) is 1.50. The minimum atomic E-state index is 0.631. The number of aromatic nitrogens is 2. The van der Waals surface area contributed by atoms with Gasteiger partial charge in [0.15, 0.2) is 0 Å². The summed E-state index contributed by atoms with van der Waals surface area (Å²) in [6.07, 6.45) is 6.79. The topological polar surface area (TPSA) is 37.8 Å². The van der Waals surface area contributed by atoms with Crippen LogP contribution in [0.2, 0.25) is 0 Å². The molecular weight excluding hydrogens is 174 g/mol. The van der Waals surface area contributed by atoms with Crippen LogP contribution in [0.15, 0.2) is 12.4 Å². The van der Waals surface area contributed by atoms with Crippen LogP contribution < -0.4 is 5.32 Å². The zero-order chi connectivity index (χ0) is 9.97. The first-order valence-corrected chi connectivity index (χ1v) is 5.01. The lowest BCUT2D eigenvalue weighted by atomic mass is 10.2. The van der Waals surface area contributed by atoms with Crippen molar-refractivity contribution in [3.8, 4) is 0 Å². The van der Waals surface area contributed by atoms with Gasteiger partial charge in [-0.15, -0.1) is 0 Å². The van der Waals surface area contributed by atoms with E-state index < -0.39 is 0 Å². The van der Waals surface area contributed by atoms with Crippen LogP contribution >= 0.6 is 0 Å². The highest BCUT2D eigenvalue weighted by atomic mass is 15.0. The molecule has 0 amide bonds. The highest BCUT2D eigenvalue weighted by molar-refractivity contribution is 5.68. The molecule has 1 heterocycles. The summed E-state index contributed by atoms with van der Waals surface area (Å²) in [5.74, 6) is 1.60. The monoisotopic (exact) mass is 189 g/mol. The normalized spacial score (nSPS) is 13.4. The van der Waals surface area contributed by atoms with E-state index in [1.807, 2.05) is 0 Å². The molecule has 74 valence electrons. The van der Waals surface area contributed by atoms with Crippen molar-refractivity contribution in [2.75, 3.05) is 11.9 Å². The average Bonchev–Trinajstić information content (AvgIpc) is 2.62. The van der Waals surface area contributed by atoms with Gasteiger partial charge < -0.3 is 5.32 Å². The van der Waals surface area contributed by atoms with Gasteiger partial charge in [0.1, 0.15) is 12.1 Å².